The molecule has 0 amide bonds. The van der Waals surface area contributed by atoms with Gasteiger partial charge in [-0.25, -0.2) is 9.97 Å². The minimum Gasteiger partial charge on any atom is -0.357 e. The molecule has 0 saturated carbocycles. The molecular weight excluding hydrogens is 254 g/mol. The summed E-state index contributed by atoms with van der Waals surface area (Å²) in [6, 6.07) is 12.4. The summed E-state index contributed by atoms with van der Waals surface area (Å²) < 4.78 is 0. The van der Waals surface area contributed by atoms with Crippen molar-refractivity contribution in [2.45, 2.75) is 24.8 Å². The first-order valence-electron chi connectivity index (χ1n) is 6.58. The summed E-state index contributed by atoms with van der Waals surface area (Å²) in [5, 5.41) is 0.841. The lowest BCUT2D eigenvalue weighted by Gasteiger charge is -2.19. The third-order valence-corrected chi connectivity index (χ3v) is 3.85. The van der Waals surface area contributed by atoms with Crippen molar-refractivity contribution >= 4 is 17.6 Å². The van der Waals surface area contributed by atoms with E-state index in [4.69, 9.17) is 0 Å². The lowest BCUT2D eigenvalue weighted by Crippen LogP contribution is -2.23. The molecule has 0 atom stereocenters. The largest absolute Gasteiger partial charge is 0.357 e. The third-order valence-electron chi connectivity index (χ3n) is 2.92. The molecule has 2 aromatic rings. The van der Waals surface area contributed by atoms with Crippen molar-refractivity contribution in [2.24, 2.45) is 0 Å². The molecule has 100 valence electrons. The number of benzene rings is 1. The van der Waals surface area contributed by atoms with Gasteiger partial charge in [0.2, 0.25) is 0 Å². The van der Waals surface area contributed by atoms with Crippen LogP contribution in [0.5, 0.6) is 0 Å². The Morgan fingerprint density at radius 1 is 1.05 bits per heavy atom. The highest BCUT2D eigenvalue weighted by Gasteiger charge is 2.05. The standard InChI is InChI=1S/C15H19N3S/c1-3-18(4-2)14-10-11-16-15(17-14)19-12-13-8-6-5-7-9-13/h5-11H,3-4,12H2,1-2H3. The molecule has 0 aliphatic heterocycles. The van der Waals surface area contributed by atoms with E-state index in [1.54, 1.807) is 11.8 Å². The molecule has 0 unspecified atom stereocenters. The Morgan fingerprint density at radius 2 is 1.79 bits per heavy atom. The SMILES string of the molecule is CCN(CC)c1ccnc(SCc2ccccc2)n1. The molecule has 0 radical (unpaired) electrons. The fourth-order valence-electron chi connectivity index (χ4n) is 1.85. The van der Waals surface area contributed by atoms with Crippen LogP contribution in [0.3, 0.4) is 0 Å². The van der Waals surface area contributed by atoms with Gasteiger partial charge >= 0.3 is 0 Å². The van der Waals surface area contributed by atoms with E-state index in [0.717, 1.165) is 29.8 Å². The monoisotopic (exact) mass is 273 g/mol. The van der Waals surface area contributed by atoms with Gasteiger partial charge in [-0.1, -0.05) is 42.1 Å². The Hall–Kier alpha value is -1.55. The Labute approximate surface area is 119 Å². The van der Waals surface area contributed by atoms with Crippen LogP contribution >= 0.6 is 11.8 Å². The van der Waals surface area contributed by atoms with Gasteiger partial charge in [-0.15, -0.1) is 0 Å². The molecule has 2 rings (SSSR count). The van der Waals surface area contributed by atoms with E-state index >= 15 is 0 Å². The summed E-state index contributed by atoms with van der Waals surface area (Å²) in [4.78, 5) is 11.2. The average molecular weight is 273 g/mol. The van der Waals surface area contributed by atoms with Gasteiger partial charge in [0.1, 0.15) is 5.82 Å². The maximum absolute atomic E-state index is 4.61. The summed E-state index contributed by atoms with van der Waals surface area (Å²) in [6.45, 7) is 6.22. The van der Waals surface area contributed by atoms with Gasteiger partial charge in [-0.2, -0.15) is 0 Å². The molecule has 0 spiro atoms. The van der Waals surface area contributed by atoms with Crippen molar-refractivity contribution in [3.63, 3.8) is 0 Å². The molecule has 1 aromatic heterocycles. The Kier molecular flexibility index (Phi) is 5.21. The zero-order valence-corrected chi connectivity index (χ0v) is 12.2. The van der Waals surface area contributed by atoms with Gasteiger partial charge in [0, 0.05) is 25.0 Å². The van der Waals surface area contributed by atoms with Crippen molar-refractivity contribution < 1.29 is 0 Å². The third kappa shape index (κ3) is 3.96. The molecule has 1 heterocycles. The Balaban J connectivity index is 2.03. The first-order chi connectivity index (χ1) is 9.33. The van der Waals surface area contributed by atoms with Crippen LogP contribution < -0.4 is 4.90 Å². The van der Waals surface area contributed by atoms with Crippen molar-refractivity contribution in [2.75, 3.05) is 18.0 Å². The number of anilines is 1. The summed E-state index contributed by atoms with van der Waals surface area (Å²) in [7, 11) is 0. The predicted molar refractivity (Wildman–Crippen MR) is 81.6 cm³/mol. The molecule has 1 aromatic carbocycles. The average Bonchev–Trinajstić information content (AvgIpc) is 2.48. The number of hydrogen-bond acceptors (Lipinski definition) is 4. The fraction of sp³-hybridized carbons (Fsp3) is 0.333. The van der Waals surface area contributed by atoms with E-state index in [1.165, 1.54) is 5.56 Å². The number of thioether (sulfide) groups is 1. The van der Waals surface area contributed by atoms with Gasteiger partial charge in [0.15, 0.2) is 5.16 Å². The van der Waals surface area contributed by atoms with Crippen LogP contribution in [0.4, 0.5) is 5.82 Å². The van der Waals surface area contributed by atoms with Crippen molar-refractivity contribution in [3.8, 4) is 0 Å². The van der Waals surface area contributed by atoms with Gasteiger partial charge in [0.05, 0.1) is 0 Å². The minimum absolute atomic E-state index is 0.841. The van der Waals surface area contributed by atoms with E-state index in [0.29, 0.717) is 0 Å². The molecule has 4 heteroatoms. The highest BCUT2D eigenvalue weighted by atomic mass is 32.2. The van der Waals surface area contributed by atoms with Crippen LogP contribution in [0, 0.1) is 0 Å². The number of nitrogens with zero attached hydrogens (tertiary/aromatic N) is 3. The van der Waals surface area contributed by atoms with Crippen molar-refractivity contribution in [1.82, 2.24) is 9.97 Å². The molecule has 0 bridgehead atoms. The van der Waals surface area contributed by atoms with E-state index in [-0.39, 0.29) is 0 Å². The highest BCUT2D eigenvalue weighted by molar-refractivity contribution is 7.98. The first kappa shape index (κ1) is 13.9. The summed E-state index contributed by atoms with van der Waals surface area (Å²) in [6.07, 6.45) is 1.84. The zero-order chi connectivity index (χ0) is 13.5. The fourth-order valence-corrected chi connectivity index (χ4v) is 2.63. The zero-order valence-electron chi connectivity index (χ0n) is 11.4. The Bertz CT molecular complexity index is 498. The highest BCUT2D eigenvalue weighted by Crippen LogP contribution is 2.21. The van der Waals surface area contributed by atoms with Crippen LogP contribution in [0.25, 0.3) is 0 Å². The first-order valence-corrected chi connectivity index (χ1v) is 7.56. The van der Waals surface area contributed by atoms with Crippen molar-refractivity contribution in [3.05, 3.63) is 48.2 Å². The molecule has 19 heavy (non-hydrogen) atoms. The predicted octanol–water partition coefficient (Wildman–Crippen LogP) is 3.62. The van der Waals surface area contributed by atoms with Crippen LogP contribution in [0.2, 0.25) is 0 Å². The molecule has 0 saturated heterocycles. The second-order valence-corrected chi connectivity index (χ2v) is 5.09. The van der Waals surface area contributed by atoms with Gasteiger partial charge in [-0.05, 0) is 25.5 Å². The summed E-state index contributed by atoms with van der Waals surface area (Å²) in [5.74, 6) is 1.92. The van der Waals surface area contributed by atoms with Gasteiger partial charge in [-0.3, -0.25) is 0 Å². The minimum atomic E-state index is 0.841. The lowest BCUT2D eigenvalue weighted by atomic mass is 10.2. The number of hydrogen-bond donors (Lipinski definition) is 0. The number of aromatic nitrogens is 2. The normalized spacial score (nSPS) is 10.4. The van der Waals surface area contributed by atoms with Crippen LogP contribution in [0.15, 0.2) is 47.8 Å². The van der Waals surface area contributed by atoms with Gasteiger partial charge < -0.3 is 4.90 Å². The van der Waals surface area contributed by atoms with Gasteiger partial charge in [0.25, 0.3) is 0 Å². The summed E-state index contributed by atoms with van der Waals surface area (Å²) >= 11 is 1.68. The Morgan fingerprint density at radius 3 is 2.47 bits per heavy atom. The molecule has 3 nitrogen and oxygen atoms in total. The summed E-state index contributed by atoms with van der Waals surface area (Å²) in [5.41, 5.74) is 1.30. The van der Waals surface area contributed by atoms with Crippen LogP contribution in [-0.4, -0.2) is 23.1 Å². The van der Waals surface area contributed by atoms with E-state index in [2.05, 4.69) is 53.0 Å². The van der Waals surface area contributed by atoms with Crippen LogP contribution in [0.1, 0.15) is 19.4 Å². The molecule has 0 fully saturated rings. The molecule has 0 N–H and O–H groups in total. The van der Waals surface area contributed by atoms with E-state index < -0.39 is 0 Å². The smallest absolute Gasteiger partial charge is 0.189 e. The second-order valence-electron chi connectivity index (χ2n) is 4.14. The topological polar surface area (TPSA) is 29.0 Å². The molecule has 0 aliphatic rings. The van der Waals surface area contributed by atoms with E-state index in [1.807, 2.05) is 18.3 Å². The van der Waals surface area contributed by atoms with Crippen LogP contribution in [-0.2, 0) is 5.75 Å². The molecule has 0 aliphatic carbocycles. The number of rotatable bonds is 6. The maximum atomic E-state index is 4.61. The second kappa shape index (κ2) is 7.14. The lowest BCUT2D eigenvalue weighted by molar-refractivity contribution is 0.818. The quantitative estimate of drug-likeness (QED) is 0.594. The van der Waals surface area contributed by atoms with Crippen molar-refractivity contribution in [1.29, 1.82) is 0 Å². The maximum Gasteiger partial charge on any atom is 0.189 e. The van der Waals surface area contributed by atoms with E-state index in [9.17, 15) is 0 Å². The molecular formula is C15H19N3S.